The average Bonchev–Trinajstić information content (AvgIpc) is 3.14. The molecule has 3 aromatic carbocycles. The van der Waals surface area contributed by atoms with Crippen LogP contribution in [0.4, 0.5) is 31.5 Å². The minimum atomic E-state index is -3.72. The summed E-state index contributed by atoms with van der Waals surface area (Å²) >= 11 is 7.87. The second-order valence-electron chi connectivity index (χ2n) is 6.99. The van der Waals surface area contributed by atoms with Crippen LogP contribution in [0.5, 0.6) is 0 Å². The summed E-state index contributed by atoms with van der Waals surface area (Å²) in [5.74, 6) is -1.43. The Balaban J connectivity index is 1.84. The molecule has 0 bridgehead atoms. The zero-order chi connectivity index (χ0) is 22.3. The van der Waals surface area contributed by atoms with E-state index < -0.39 is 21.7 Å². The lowest BCUT2D eigenvalue weighted by Crippen LogP contribution is -2.25. The smallest absolute Gasteiger partial charge is 0.236 e. The van der Waals surface area contributed by atoms with Crippen molar-refractivity contribution in [2.24, 2.45) is 0 Å². The molecule has 160 valence electrons. The van der Waals surface area contributed by atoms with Crippen LogP contribution in [0.25, 0.3) is 10.1 Å². The Kier molecular flexibility index (Phi) is 5.63. The van der Waals surface area contributed by atoms with Crippen LogP contribution in [-0.2, 0) is 10.0 Å². The lowest BCUT2D eigenvalue weighted by atomic mass is 10.2. The number of hydrogen-bond donors (Lipinski definition) is 0. The molecule has 0 aliphatic heterocycles. The molecule has 4 nitrogen and oxygen atoms in total. The number of halogens is 3. The molecule has 0 aliphatic rings. The second kappa shape index (κ2) is 8.11. The number of fused-ring (bicyclic) bond motifs is 1. The number of nitrogens with zero attached hydrogens (tertiary/aromatic N) is 2. The van der Waals surface area contributed by atoms with Gasteiger partial charge in [-0.3, -0.25) is 0 Å². The second-order valence-corrected chi connectivity index (χ2v) is 10.2. The topological polar surface area (TPSA) is 40.6 Å². The summed E-state index contributed by atoms with van der Waals surface area (Å²) in [5, 5.41) is 3.12. The van der Waals surface area contributed by atoms with Gasteiger partial charge in [0.25, 0.3) is 0 Å². The van der Waals surface area contributed by atoms with Crippen LogP contribution in [0.3, 0.4) is 0 Å². The third kappa shape index (κ3) is 4.37. The monoisotopic (exact) mass is 478 g/mol. The van der Waals surface area contributed by atoms with E-state index in [-0.39, 0.29) is 10.7 Å². The Labute approximate surface area is 188 Å². The first-order valence-electron chi connectivity index (χ1n) is 9.10. The van der Waals surface area contributed by atoms with Gasteiger partial charge in [0.2, 0.25) is 10.0 Å². The number of sulfonamides is 1. The fourth-order valence-corrected chi connectivity index (χ4v) is 5.35. The maximum absolute atomic E-state index is 14.3. The summed E-state index contributed by atoms with van der Waals surface area (Å²) in [6.45, 7) is 0. The molecular weight excluding hydrogens is 462 g/mol. The zero-order valence-corrected chi connectivity index (χ0v) is 18.9. The van der Waals surface area contributed by atoms with Crippen LogP contribution >= 0.6 is 22.9 Å². The largest absolute Gasteiger partial charge is 0.342 e. The van der Waals surface area contributed by atoms with Crippen LogP contribution < -0.4 is 9.21 Å². The fourth-order valence-electron chi connectivity index (χ4n) is 3.37. The van der Waals surface area contributed by atoms with Crippen LogP contribution in [0.2, 0.25) is 5.02 Å². The van der Waals surface area contributed by atoms with Crippen LogP contribution in [0.15, 0.2) is 66.0 Å². The van der Waals surface area contributed by atoms with Crippen molar-refractivity contribution in [3.8, 4) is 0 Å². The van der Waals surface area contributed by atoms with Crippen molar-refractivity contribution in [3.63, 3.8) is 0 Å². The van der Waals surface area contributed by atoms with Gasteiger partial charge in [-0.15, -0.1) is 11.3 Å². The maximum Gasteiger partial charge on any atom is 0.236 e. The number of thiophene rings is 1. The maximum atomic E-state index is 14.3. The average molecular weight is 479 g/mol. The van der Waals surface area contributed by atoms with Gasteiger partial charge < -0.3 is 4.90 Å². The number of rotatable bonds is 5. The molecule has 0 saturated carbocycles. The predicted molar refractivity (Wildman–Crippen MR) is 125 cm³/mol. The molecule has 0 radical (unpaired) electrons. The Hall–Kier alpha value is -2.68. The molecule has 9 heteroatoms. The first-order valence-corrected chi connectivity index (χ1v) is 12.2. The molecule has 1 aromatic heterocycles. The Bertz CT molecular complexity index is 1390. The van der Waals surface area contributed by atoms with E-state index in [2.05, 4.69) is 0 Å². The van der Waals surface area contributed by atoms with E-state index in [9.17, 15) is 17.2 Å². The van der Waals surface area contributed by atoms with Crippen molar-refractivity contribution >= 4 is 65.8 Å². The molecule has 0 atom stereocenters. The SMILES string of the molecule is CN(c1cc(Cl)cc(N(c2ccc3sccc3c2)S(C)(=O)=O)c1)c1ccc(F)cc1F. The van der Waals surface area contributed by atoms with E-state index in [1.165, 1.54) is 21.3 Å². The van der Waals surface area contributed by atoms with Gasteiger partial charge in [-0.05, 0) is 65.4 Å². The van der Waals surface area contributed by atoms with E-state index in [4.69, 9.17) is 11.6 Å². The van der Waals surface area contributed by atoms with Gasteiger partial charge in [-0.2, -0.15) is 0 Å². The van der Waals surface area contributed by atoms with Crippen molar-refractivity contribution in [2.75, 3.05) is 22.5 Å². The highest BCUT2D eigenvalue weighted by Gasteiger charge is 2.22. The Morgan fingerprint density at radius 3 is 2.35 bits per heavy atom. The van der Waals surface area contributed by atoms with Crippen molar-refractivity contribution in [3.05, 3.63) is 82.7 Å². The third-order valence-corrected chi connectivity index (χ3v) is 6.96. The van der Waals surface area contributed by atoms with Crippen LogP contribution in [0, 0.1) is 11.6 Å². The van der Waals surface area contributed by atoms with E-state index in [0.29, 0.717) is 17.1 Å². The van der Waals surface area contributed by atoms with Gasteiger partial charge in [0, 0.05) is 28.5 Å². The van der Waals surface area contributed by atoms with Gasteiger partial charge in [-0.1, -0.05) is 11.6 Å². The van der Waals surface area contributed by atoms with Gasteiger partial charge >= 0.3 is 0 Å². The van der Waals surface area contributed by atoms with Gasteiger partial charge in [-0.25, -0.2) is 21.5 Å². The van der Waals surface area contributed by atoms with Gasteiger partial charge in [0.15, 0.2) is 0 Å². The normalized spacial score (nSPS) is 11.6. The minimum absolute atomic E-state index is 0.125. The minimum Gasteiger partial charge on any atom is -0.342 e. The summed E-state index contributed by atoms with van der Waals surface area (Å²) in [6, 6.07) is 15.2. The molecule has 0 unspecified atom stereocenters. The highest BCUT2D eigenvalue weighted by atomic mass is 35.5. The van der Waals surface area contributed by atoms with Crippen molar-refractivity contribution in [1.29, 1.82) is 0 Å². The number of benzene rings is 3. The number of hydrogen-bond acceptors (Lipinski definition) is 4. The summed E-state index contributed by atoms with van der Waals surface area (Å²) in [7, 11) is -2.13. The Morgan fingerprint density at radius 2 is 1.65 bits per heavy atom. The van der Waals surface area contributed by atoms with Crippen LogP contribution in [-0.4, -0.2) is 21.7 Å². The fraction of sp³-hybridized carbons (Fsp3) is 0.0909. The molecule has 4 rings (SSSR count). The summed E-state index contributed by atoms with van der Waals surface area (Å²) in [4.78, 5) is 1.48. The van der Waals surface area contributed by atoms with Crippen LogP contribution in [0.1, 0.15) is 0 Å². The van der Waals surface area contributed by atoms with E-state index in [1.54, 1.807) is 42.6 Å². The quantitative estimate of drug-likeness (QED) is 0.320. The number of anilines is 4. The molecule has 0 fully saturated rings. The third-order valence-electron chi connectivity index (χ3n) is 4.76. The first kappa shape index (κ1) is 21.5. The van der Waals surface area contributed by atoms with Crippen molar-refractivity contribution in [1.82, 2.24) is 0 Å². The Morgan fingerprint density at radius 1 is 0.903 bits per heavy atom. The molecule has 1 heterocycles. The lowest BCUT2D eigenvalue weighted by Gasteiger charge is -2.26. The zero-order valence-electron chi connectivity index (χ0n) is 16.5. The van der Waals surface area contributed by atoms with E-state index >= 15 is 0 Å². The summed E-state index contributed by atoms with van der Waals surface area (Å²) < 4.78 is 55.3. The van der Waals surface area contributed by atoms with Gasteiger partial charge in [0.05, 0.1) is 23.3 Å². The summed E-state index contributed by atoms with van der Waals surface area (Å²) in [6.07, 6.45) is 1.11. The van der Waals surface area contributed by atoms with Crippen molar-refractivity contribution in [2.45, 2.75) is 0 Å². The molecule has 0 saturated heterocycles. The summed E-state index contributed by atoms with van der Waals surface area (Å²) in [5.41, 5.74) is 1.32. The van der Waals surface area contributed by atoms with Crippen molar-refractivity contribution < 1.29 is 17.2 Å². The predicted octanol–water partition coefficient (Wildman–Crippen LogP) is 6.70. The lowest BCUT2D eigenvalue weighted by molar-refractivity contribution is 0.583. The molecule has 4 aromatic rings. The highest BCUT2D eigenvalue weighted by Crippen LogP contribution is 2.37. The molecule has 0 amide bonds. The first-order chi connectivity index (χ1) is 14.6. The van der Waals surface area contributed by atoms with E-state index in [0.717, 1.165) is 28.5 Å². The van der Waals surface area contributed by atoms with Gasteiger partial charge in [0.1, 0.15) is 11.6 Å². The standard InChI is InChI=1S/C22H17ClF2N2O2S2/c1-26(21-5-3-16(24)12-20(21)25)18-10-15(23)11-19(13-18)27(31(2,28)29)17-4-6-22-14(9-17)7-8-30-22/h3-13H,1-2H3. The molecule has 0 N–H and O–H groups in total. The molecular formula is C22H17ClF2N2O2S2. The molecule has 0 aliphatic carbocycles. The molecule has 0 spiro atoms. The highest BCUT2D eigenvalue weighted by molar-refractivity contribution is 7.92. The molecule has 31 heavy (non-hydrogen) atoms. The van der Waals surface area contributed by atoms with E-state index in [1.807, 2.05) is 17.5 Å².